The van der Waals surface area contributed by atoms with Crippen molar-refractivity contribution < 1.29 is 19.4 Å². The first-order valence-corrected chi connectivity index (χ1v) is 7.68. The lowest BCUT2D eigenvalue weighted by atomic mass is 10.0. The highest BCUT2D eigenvalue weighted by molar-refractivity contribution is 5.87. The van der Waals surface area contributed by atoms with Crippen molar-refractivity contribution in [3.8, 4) is 5.75 Å². The fraction of sp³-hybridized carbons (Fsp3) is 0.333. The second kappa shape index (κ2) is 10.2. The Balaban J connectivity index is 2.98. The highest BCUT2D eigenvalue weighted by Gasteiger charge is 2.11. The van der Waals surface area contributed by atoms with E-state index < -0.39 is 0 Å². The summed E-state index contributed by atoms with van der Waals surface area (Å²) in [6.07, 6.45) is 2.94. The predicted octanol–water partition coefficient (Wildman–Crippen LogP) is 1.36. The molecule has 0 saturated heterocycles. The van der Waals surface area contributed by atoms with E-state index in [0.29, 0.717) is 25.3 Å². The molecule has 0 fully saturated rings. The monoisotopic (exact) mass is 332 g/mol. The van der Waals surface area contributed by atoms with Crippen LogP contribution in [0.2, 0.25) is 0 Å². The Morgan fingerprint density at radius 3 is 2.38 bits per heavy atom. The van der Waals surface area contributed by atoms with E-state index in [1.807, 2.05) is 19.1 Å². The van der Waals surface area contributed by atoms with Gasteiger partial charge in [0.1, 0.15) is 5.75 Å². The van der Waals surface area contributed by atoms with Gasteiger partial charge in [-0.15, -0.1) is 0 Å². The van der Waals surface area contributed by atoms with Crippen LogP contribution in [0.5, 0.6) is 5.75 Å². The number of hydrogen-bond donors (Lipinski definition) is 3. The van der Waals surface area contributed by atoms with Crippen molar-refractivity contribution in [3.63, 3.8) is 0 Å². The molecule has 24 heavy (non-hydrogen) atoms. The first-order valence-electron chi connectivity index (χ1n) is 7.68. The van der Waals surface area contributed by atoms with Crippen LogP contribution in [0.4, 0.5) is 0 Å². The summed E-state index contributed by atoms with van der Waals surface area (Å²) in [7, 11) is 0. The van der Waals surface area contributed by atoms with Gasteiger partial charge in [0.05, 0.1) is 6.61 Å². The number of ether oxygens (including phenoxy) is 1. The minimum atomic E-state index is -0.278. The lowest BCUT2D eigenvalue weighted by Crippen LogP contribution is -2.22. The molecule has 1 aromatic rings. The zero-order chi connectivity index (χ0) is 17.9. The number of benzene rings is 1. The molecule has 3 N–H and O–H groups in total. The number of rotatable bonds is 10. The summed E-state index contributed by atoms with van der Waals surface area (Å²) >= 11 is 0. The van der Waals surface area contributed by atoms with Gasteiger partial charge < -0.3 is 20.5 Å². The molecule has 0 radical (unpaired) electrons. The highest BCUT2D eigenvalue weighted by Crippen LogP contribution is 2.26. The van der Waals surface area contributed by atoms with Gasteiger partial charge in [0.15, 0.2) is 0 Å². The zero-order valence-electron chi connectivity index (χ0n) is 13.9. The molecule has 6 heteroatoms. The summed E-state index contributed by atoms with van der Waals surface area (Å²) in [6.45, 7) is 9.79. The summed E-state index contributed by atoms with van der Waals surface area (Å²) < 4.78 is 5.74. The van der Waals surface area contributed by atoms with Crippen LogP contribution in [0.25, 0.3) is 0 Å². The normalized spacial score (nSPS) is 9.92. The second-order valence-electron chi connectivity index (χ2n) is 5.17. The maximum atomic E-state index is 11.4. The first kappa shape index (κ1) is 19.4. The Bertz CT molecular complexity index is 611. The van der Waals surface area contributed by atoms with E-state index in [1.54, 1.807) is 0 Å². The minimum absolute atomic E-state index is 0.0489. The van der Waals surface area contributed by atoms with Gasteiger partial charge in [-0.05, 0) is 36.3 Å². The number of nitrogens with one attached hydrogen (secondary N) is 2. The van der Waals surface area contributed by atoms with Crippen LogP contribution in [0.1, 0.15) is 23.1 Å². The summed E-state index contributed by atoms with van der Waals surface area (Å²) in [4.78, 5) is 22.7. The summed E-state index contributed by atoms with van der Waals surface area (Å²) in [6, 6.07) is 3.78. The number of hydrogen-bond acceptors (Lipinski definition) is 4. The van der Waals surface area contributed by atoms with Crippen LogP contribution in [0, 0.1) is 6.92 Å². The average molecular weight is 332 g/mol. The number of amides is 2. The predicted molar refractivity (Wildman–Crippen MR) is 92.5 cm³/mol. The van der Waals surface area contributed by atoms with Crippen molar-refractivity contribution in [2.45, 2.75) is 26.4 Å². The number of aryl methyl sites for hydroxylation is 1. The maximum Gasteiger partial charge on any atom is 0.243 e. The van der Waals surface area contributed by atoms with Gasteiger partial charge in [-0.1, -0.05) is 19.2 Å². The topological polar surface area (TPSA) is 87.7 Å². The van der Waals surface area contributed by atoms with Gasteiger partial charge in [0.25, 0.3) is 0 Å². The van der Waals surface area contributed by atoms with E-state index in [1.165, 1.54) is 12.2 Å². The number of aliphatic hydroxyl groups excluding tert-OH is 1. The third kappa shape index (κ3) is 6.26. The maximum absolute atomic E-state index is 11.4. The Kier molecular flexibility index (Phi) is 8.29. The molecular weight excluding hydrogens is 308 g/mol. The van der Waals surface area contributed by atoms with Gasteiger partial charge in [-0.25, -0.2) is 0 Å². The van der Waals surface area contributed by atoms with Crippen LogP contribution in [-0.4, -0.2) is 30.1 Å². The van der Waals surface area contributed by atoms with E-state index in [9.17, 15) is 9.59 Å². The van der Waals surface area contributed by atoms with E-state index >= 15 is 0 Å². The van der Waals surface area contributed by atoms with E-state index in [4.69, 9.17) is 9.84 Å². The van der Waals surface area contributed by atoms with Crippen LogP contribution in [-0.2, 0) is 22.7 Å². The van der Waals surface area contributed by atoms with Gasteiger partial charge in [-0.3, -0.25) is 9.59 Å². The fourth-order valence-electron chi connectivity index (χ4n) is 2.12. The Morgan fingerprint density at radius 1 is 1.17 bits per heavy atom. The van der Waals surface area contributed by atoms with Crippen LogP contribution in [0.3, 0.4) is 0 Å². The second-order valence-corrected chi connectivity index (χ2v) is 5.17. The Hall–Kier alpha value is -2.60. The van der Waals surface area contributed by atoms with E-state index in [0.717, 1.165) is 16.7 Å². The van der Waals surface area contributed by atoms with Crippen molar-refractivity contribution in [3.05, 3.63) is 54.1 Å². The summed E-state index contributed by atoms with van der Waals surface area (Å²) in [5, 5.41) is 14.3. The van der Waals surface area contributed by atoms with Crippen LogP contribution in [0.15, 0.2) is 37.4 Å². The molecule has 1 rings (SSSR count). The van der Waals surface area contributed by atoms with E-state index in [2.05, 4.69) is 23.8 Å². The van der Waals surface area contributed by atoms with Gasteiger partial charge in [-0.2, -0.15) is 0 Å². The van der Waals surface area contributed by atoms with Crippen LogP contribution >= 0.6 is 0 Å². The molecule has 0 aromatic heterocycles. The Labute approximate surface area is 142 Å². The standard InChI is InChI=1S/C18H24N2O4/c1-4-16(22)19-11-14-9-13(3)18(24-8-6-7-21)15(10-14)12-20-17(23)5-2/h4-5,9-10,21H,1-2,6-8,11-12H2,3H3,(H,19,22)(H,20,23). The van der Waals surface area contributed by atoms with Gasteiger partial charge >= 0.3 is 0 Å². The van der Waals surface area contributed by atoms with Crippen molar-refractivity contribution in [2.75, 3.05) is 13.2 Å². The van der Waals surface area contributed by atoms with Crippen LogP contribution < -0.4 is 15.4 Å². The SMILES string of the molecule is C=CC(=O)NCc1cc(C)c(OCCCO)c(CNC(=O)C=C)c1. The fourth-order valence-corrected chi connectivity index (χ4v) is 2.12. The molecule has 1 aromatic carbocycles. The molecule has 0 aliphatic heterocycles. The minimum Gasteiger partial charge on any atom is -0.493 e. The quantitative estimate of drug-likeness (QED) is 0.446. The smallest absolute Gasteiger partial charge is 0.243 e. The molecule has 6 nitrogen and oxygen atoms in total. The largest absolute Gasteiger partial charge is 0.493 e. The summed E-state index contributed by atoms with van der Waals surface area (Å²) in [5.74, 6) is 0.142. The third-order valence-corrected chi connectivity index (χ3v) is 3.25. The summed E-state index contributed by atoms with van der Waals surface area (Å²) in [5.41, 5.74) is 2.58. The number of aliphatic hydroxyl groups is 1. The molecule has 0 aliphatic rings. The lowest BCUT2D eigenvalue weighted by molar-refractivity contribution is -0.117. The van der Waals surface area contributed by atoms with E-state index in [-0.39, 0.29) is 25.0 Å². The van der Waals surface area contributed by atoms with Gasteiger partial charge in [0.2, 0.25) is 11.8 Å². The molecule has 130 valence electrons. The molecule has 0 heterocycles. The molecule has 2 amide bonds. The van der Waals surface area contributed by atoms with Crippen molar-refractivity contribution in [1.82, 2.24) is 10.6 Å². The number of carbonyl (C=O) groups excluding carboxylic acids is 2. The Morgan fingerprint density at radius 2 is 1.79 bits per heavy atom. The molecule has 0 unspecified atom stereocenters. The highest BCUT2D eigenvalue weighted by atomic mass is 16.5. The van der Waals surface area contributed by atoms with Crippen molar-refractivity contribution in [1.29, 1.82) is 0 Å². The number of carbonyl (C=O) groups is 2. The van der Waals surface area contributed by atoms with Gasteiger partial charge in [0, 0.05) is 31.7 Å². The lowest BCUT2D eigenvalue weighted by Gasteiger charge is -2.16. The molecule has 0 saturated carbocycles. The molecule has 0 aliphatic carbocycles. The molecule has 0 bridgehead atoms. The van der Waals surface area contributed by atoms with Crippen molar-refractivity contribution >= 4 is 11.8 Å². The molecule has 0 spiro atoms. The average Bonchev–Trinajstić information content (AvgIpc) is 2.59. The third-order valence-electron chi connectivity index (χ3n) is 3.25. The first-order chi connectivity index (χ1) is 11.5. The van der Waals surface area contributed by atoms with Crippen molar-refractivity contribution in [2.24, 2.45) is 0 Å². The molecule has 0 atom stereocenters. The zero-order valence-corrected chi connectivity index (χ0v) is 13.9. The molecular formula is C18H24N2O4.